The van der Waals surface area contributed by atoms with Crippen LogP contribution in [0.2, 0.25) is 5.02 Å². The number of allylic oxidation sites excluding steroid dienone is 1. The Morgan fingerprint density at radius 2 is 1.61 bits per heavy atom. The van der Waals surface area contributed by atoms with E-state index < -0.39 is 0 Å². The van der Waals surface area contributed by atoms with Crippen molar-refractivity contribution in [2.24, 2.45) is 0 Å². The summed E-state index contributed by atoms with van der Waals surface area (Å²) >= 11 is 6.01. The van der Waals surface area contributed by atoms with Gasteiger partial charge in [0.2, 0.25) is 5.78 Å². The molecule has 0 fully saturated rings. The van der Waals surface area contributed by atoms with Crippen molar-refractivity contribution in [3.63, 3.8) is 0 Å². The van der Waals surface area contributed by atoms with Gasteiger partial charge in [0.05, 0.1) is 0 Å². The van der Waals surface area contributed by atoms with Crippen LogP contribution in [0.25, 0.3) is 28.7 Å². The Labute approximate surface area is 167 Å². The minimum Gasteiger partial charge on any atom is -0.457 e. The van der Waals surface area contributed by atoms with Gasteiger partial charge in [-0.1, -0.05) is 53.6 Å². The molecule has 138 valence electrons. The van der Waals surface area contributed by atoms with Gasteiger partial charge in [-0.25, -0.2) is 0 Å². The summed E-state index contributed by atoms with van der Waals surface area (Å²) < 4.78 is 11.5. The summed E-state index contributed by atoms with van der Waals surface area (Å²) in [5.74, 6) is 1.98. The van der Waals surface area contributed by atoms with Crippen LogP contribution in [0, 0.1) is 6.92 Å². The van der Waals surface area contributed by atoms with Crippen LogP contribution in [-0.2, 0) is 0 Å². The van der Waals surface area contributed by atoms with Crippen molar-refractivity contribution in [2.45, 2.75) is 6.92 Å². The molecule has 2 aromatic heterocycles. The molecule has 2 heterocycles. The Bertz CT molecular complexity index is 1150. The fourth-order valence-corrected chi connectivity index (χ4v) is 3.01. The highest BCUT2D eigenvalue weighted by Gasteiger charge is 2.11. The maximum atomic E-state index is 12.4. The molecule has 4 aromatic rings. The number of carbonyl (C=O) groups is 1. The van der Waals surface area contributed by atoms with Gasteiger partial charge >= 0.3 is 0 Å². The third-order valence-corrected chi connectivity index (χ3v) is 4.55. The molecule has 4 rings (SSSR count). The van der Waals surface area contributed by atoms with Gasteiger partial charge in [0.25, 0.3) is 0 Å². The SMILES string of the molecule is Cc1ccc(-c2ccc(C=CC(=O)c3ccc(-c4cccc(Cl)c4)o3)o2)cc1. The Morgan fingerprint density at radius 1 is 0.857 bits per heavy atom. The van der Waals surface area contributed by atoms with Gasteiger partial charge < -0.3 is 8.83 Å². The Hall–Kier alpha value is -3.30. The molecule has 0 spiro atoms. The highest BCUT2D eigenvalue weighted by Crippen LogP contribution is 2.26. The zero-order valence-electron chi connectivity index (χ0n) is 15.2. The molecular weight excluding hydrogens is 372 g/mol. The number of rotatable bonds is 5. The summed E-state index contributed by atoms with van der Waals surface area (Å²) in [6.07, 6.45) is 3.08. The molecule has 0 amide bonds. The number of carbonyl (C=O) groups excluding carboxylic acids is 1. The van der Waals surface area contributed by atoms with Crippen molar-refractivity contribution < 1.29 is 13.6 Å². The van der Waals surface area contributed by atoms with E-state index in [0.717, 1.165) is 16.9 Å². The number of halogens is 1. The molecule has 0 aliphatic rings. The van der Waals surface area contributed by atoms with E-state index >= 15 is 0 Å². The van der Waals surface area contributed by atoms with E-state index in [-0.39, 0.29) is 11.5 Å². The molecular formula is C24H17ClO3. The minimum atomic E-state index is -0.235. The molecule has 0 bridgehead atoms. The second-order valence-corrected chi connectivity index (χ2v) is 6.88. The lowest BCUT2D eigenvalue weighted by Crippen LogP contribution is -1.90. The smallest absolute Gasteiger partial charge is 0.221 e. The summed E-state index contributed by atoms with van der Waals surface area (Å²) in [6, 6.07) is 22.5. The normalized spacial score (nSPS) is 11.2. The maximum Gasteiger partial charge on any atom is 0.221 e. The highest BCUT2D eigenvalue weighted by atomic mass is 35.5. The lowest BCUT2D eigenvalue weighted by molar-refractivity contribution is 0.102. The van der Waals surface area contributed by atoms with Crippen molar-refractivity contribution in [2.75, 3.05) is 0 Å². The van der Waals surface area contributed by atoms with Gasteiger partial charge in [-0.15, -0.1) is 0 Å². The van der Waals surface area contributed by atoms with E-state index in [4.69, 9.17) is 20.4 Å². The minimum absolute atomic E-state index is 0.235. The molecule has 3 nitrogen and oxygen atoms in total. The van der Waals surface area contributed by atoms with Crippen molar-refractivity contribution in [1.29, 1.82) is 0 Å². The average Bonchev–Trinajstić information content (AvgIpc) is 3.37. The van der Waals surface area contributed by atoms with Crippen LogP contribution in [-0.4, -0.2) is 5.78 Å². The lowest BCUT2D eigenvalue weighted by Gasteiger charge is -1.97. The number of benzene rings is 2. The molecule has 0 unspecified atom stereocenters. The van der Waals surface area contributed by atoms with Crippen molar-refractivity contribution >= 4 is 23.5 Å². The molecule has 0 saturated heterocycles. The Kier molecular flexibility index (Phi) is 5.00. The van der Waals surface area contributed by atoms with E-state index in [2.05, 4.69) is 0 Å². The largest absolute Gasteiger partial charge is 0.457 e. The quantitative estimate of drug-likeness (QED) is 0.271. The molecule has 0 N–H and O–H groups in total. The van der Waals surface area contributed by atoms with Crippen LogP contribution in [0.3, 0.4) is 0 Å². The molecule has 28 heavy (non-hydrogen) atoms. The van der Waals surface area contributed by atoms with Crippen LogP contribution in [0.15, 0.2) is 87.7 Å². The third kappa shape index (κ3) is 4.00. The molecule has 0 radical (unpaired) electrons. The van der Waals surface area contributed by atoms with Crippen LogP contribution >= 0.6 is 11.6 Å². The van der Waals surface area contributed by atoms with E-state index in [1.807, 2.05) is 55.5 Å². The van der Waals surface area contributed by atoms with Crippen LogP contribution in [0.1, 0.15) is 21.9 Å². The number of hydrogen-bond acceptors (Lipinski definition) is 3. The number of hydrogen-bond donors (Lipinski definition) is 0. The first-order valence-electron chi connectivity index (χ1n) is 8.83. The molecule has 0 saturated carbocycles. The first kappa shape index (κ1) is 18.1. The van der Waals surface area contributed by atoms with Gasteiger partial charge in [-0.2, -0.15) is 0 Å². The van der Waals surface area contributed by atoms with E-state index in [9.17, 15) is 4.79 Å². The molecule has 4 heteroatoms. The number of aryl methyl sites for hydroxylation is 1. The van der Waals surface area contributed by atoms with Gasteiger partial charge in [-0.3, -0.25) is 4.79 Å². The van der Waals surface area contributed by atoms with Gasteiger partial charge in [0, 0.05) is 16.1 Å². The summed E-state index contributed by atoms with van der Waals surface area (Å²) in [5.41, 5.74) is 3.01. The molecule has 0 atom stereocenters. The fourth-order valence-electron chi connectivity index (χ4n) is 2.82. The third-order valence-electron chi connectivity index (χ3n) is 4.32. The Balaban J connectivity index is 1.48. The second kappa shape index (κ2) is 7.75. The predicted octanol–water partition coefficient (Wildman–Crippen LogP) is 7.06. The van der Waals surface area contributed by atoms with E-state index in [1.54, 1.807) is 30.3 Å². The van der Waals surface area contributed by atoms with E-state index in [1.165, 1.54) is 11.6 Å². The zero-order chi connectivity index (χ0) is 19.5. The first-order valence-corrected chi connectivity index (χ1v) is 9.21. The summed E-state index contributed by atoms with van der Waals surface area (Å²) in [4.78, 5) is 12.4. The van der Waals surface area contributed by atoms with Gasteiger partial charge in [0.15, 0.2) is 5.76 Å². The van der Waals surface area contributed by atoms with Crippen molar-refractivity contribution in [3.05, 3.63) is 101 Å². The summed E-state index contributed by atoms with van der Waals surface area (Å²) in [6.45, 7) is 2.04. The van der Waals surface area contributed by atoms with Crippen LogP contribution < -0.4 is 0 Å². The van der Waals surface area contributed by atoms with Gasteiger partial charge in [0.1, 0.15) is 17.3 Å². The van der Waals surface area contributed by atoms with Crippen molar-refractivity contribution in [3.8, 4) is 22.6 Å². The van der Waals surface area contributed by atoms with Gasteiger partial charge in [-0.05, 0) is 55.5 Å². The maximum absolute atomic E-state index is 12.4. The standard InChI is InChI=1S/C24H17ClO3/c1-16-5-7-17(8-6-16)22-12-10-20(27-22)9-11-21(26)24-14-13-23(28-24)18-3-2-4-19(25)15-18/h2-15H,1H3. The first-order chi connectivity index (χ1) is 13.6. The lowest BCUT2D eigenvalue weighted by atomic mass is 10.1. The highest BCUT2D eigenvalue weighted by molar-refractivity contribution is 6.30. The predicted molar refractivity (Wildman–Crippen MR) is 111 cm³/mol. The summed E-state index contributed by atoms with van der Waals surface area (Å²) in [5, 5.41) is 0.615. The fraction of sp³-hybridized carbons (Fsp3) is 0.0417. The average molecular weight is 389 g/mol. The monoisotopic (exact) mass is 388 g/mol. The van der Waals surface area contributed by atoms with Crippen molar-refractivity contribution in [1.82, 2.24) is 0 Å². The second-order valence-electron chi connectivity index (χ2n) is 6.44. The zero-order valence-corrected chi connectivity index (χ0v) is 15.9. The summed E-state index contributed by atoms with van der Waals surface area (Å²) in [7, 11) is 0. The number of ketones is 1. The van der Waals surface area contributed by atoms with Crippen LogP contribution in [0.4, 0.5) is 0 Å². The Morgan fingerprint density at radius 3 is 2.39 bits per heavy atom. The van der Waals surface area contributed by atoms with E-state index in [0.29, 0.717) is 16.5 Å². The topological polar surface area (TPSA) is 43.4 Å². The molecule has 0 aliphatic carbocycles. The number of furan rings is 2. The molecule has 0 aliphatic heterocycles. The van der Waals surface area contributed by atoms with Crippen LogP contribution in [0.5, 0.6) is 0 Å². The molecule has 2 aromatic carbocycles.